The lowest BCUT2D eigenvalue weighted by atomic mass is 10.2. The Morgan fingerprint density at radius 2 is 2.12 bits per heavy atom. The van der Waals surface area contributed by atoms with E-state index in [2.05, 4.69) is 5.16 Å². The Labute approximate surface area is 104 Å². The van der Waals surface area contributed by atoms with Crippen LogP contribution >= 0.6 is 11.6 Å². The van der Waals surface area contributed by atoms with Gasteiger partial charge in [-0.3, -0.25) is 0 Å². The summed E-state index contributed by atoms with van der Waals surface area (Å²) in [5.41, 5.74) is 0.898. The summed E-state index contributed by atoms with van der Waals surface area (Å²) in [6, 6.07) is 4.98. The second-order valence-electron chi connectivity index (χ2n) is 3.81. The summed E-state index contributed by atoms with van der Waals surface area (Å²) in [6.07, 6.45) is 0. The van der Waals surface area contributed by atoms with Crippen LogP contribution in [0.1, 0.15) is 5.69 Å². The van der Waals surface area contributed by atoms with Crippen LogP contribution in [0.15, 0.2) is 22.7 Å². The third-order valence-electron chi connectivity index (χ3n) is 2.38. The topological polar surface area (TPSA) is 63.4 Å². The fraction of sp³-hybridized carbons (Fsp3) is 0.300. The van der Waals surface area contributed by atoms with E-state index >= 15 is 0 Å². The molecule has 5 nitrogen and oxygen atoms in total. The molecule has 0 saturated heterocycles. The van der Waals surface area contributed by atoms with Crippen LogP contribution in [0.2, 0.25) is 5.02 Å². The summed E-state index contributed by atoms with van der Waals surface area (Å²) in [7, 11) is -0.404. The first-order valence-electron chi connectivity index (χ1n) is 4.84. The van der Waals surface area contributed by atoms with E-state index in [1.165, 1.54) is 14.1 Å². The van der Waals surface area contributed by atoms with Crippen molar-refractivity contribution in [1.82, 2.24) is 9.46 Å². The molecule has 0 fully saturated rings. The highest BCUT2D eigenvalue weighted by atomic mass is 35.5. The van der Waals surface area contributed by atoms with Gasteiger partial charge in [0.1, 0.15) is 11.4 Å². The second kappa shape index (κ2) is 4.29. The summed E-state index contributed by atoms with van der Waals surface area (Å²) in [5.74, 6) is -0.201. The summed E-state index contributed by atoms with van der Waals surface area (Å²) < 4.78 is 29.7. The molecule has 1 aromatic carbocycles. The molecule has 0 amide bonds. The number of hydrogen-bond donors (Lipinski definition) is 0. The first-order chi connectivity index (χ1) is 7.90. The van der Waals surface area contributed by atoms with Crippen LogP contribution in [0.25, 0.3) is 11.0 Å². The van der Waals surface area contributed by atoms with E-state index in [9.17, 15) is 8.42 Å². The number of nitrogens with zero attached hydrogens (tertiary/aromatic N) is 2. The molecule has 0 aliphatic rings. The highest BCUT2D eigenvalue weighted by Gasteiger charge is 2.19. The minimum Gasteiger partial charge on any atom is -0.356 e. The van der Waals surface area contributed by atoms with Gasteiger partial charge in [-0.15, -0.1) is 0 Å². The molecule has 0 aliphatic carbocycles. The molecular weight excluding hydrogens is 264 g/mol. The number of fused-ring (bicyclic) bond motifs is 1. The zero-order chi connectivity index (χ0) is 12.6. The largest absolute Gasteiger partial charge is 0.356 e. The average Bonchev–Trinajstić information content (AvgIpc) is 2.60. The highest BCUT2D eigenvalue weighted by molar-refractivity contribution is 7.88. The smallest absolute Gasteiger partial charge is 0.219 e. The van der Waals surface area contributed by atoms with Crippen molar-refractivity contribution in [3.05, 3.63) is 28.9 Å². The number of halogens is 1. The van der Waals surface area contributed by atoms with Gasteiger partial charge in [0.25, 0.3) is 0 Å². The molecule has 2 aromatic rings. The Morgan fingerprint density at radius 1 is 1.41 bits per heavy atom. The van der Waals surface area contributed by atoms with Crippen molar-refractivity contribution < 1.29 is 12.9 Å². The van der Waals surface area contributed by atoms with Crippen LogP contribution in [-0.4, -0.2) is 32.0 Å². The maximum absolute atomic E-state index is 11.7. The van der Waals surface area contributed by atoms with E-state index in [4.69, 9.17) is 16.1 Å². The van der Waals surface area contributed by atoms with Gasteiger partial charge in [-0.05, 0) is 18.2 Å². The van der Waals surface area contributed by atoms with Crippen LogP contribution in [0.4, 0.5) is 0 Å². The van der Waals surface area contributed by atoms with Crippen molar-refractivity contribution >= 4 is 32.6 Å². The van der Waals surface area contributed by atoms with Crippen LogP contribution in [0.3, 0.4) is 0 Å². The summed E-state index contributed by atoms with van der Waals surface area (Å²) in [6.45, 7) is 0. The van der Waals surface area contributed by atoms with Crippen molar-refractivity contribution in [3.63, 3.8) is 0 Å². The molecule has 7 heteroatoms. The molecule has 0 aliphatic heterocycles. The zero-order valence-electron chi connectivity index (χ0n) is 9.34. The molecule has 0 unspecified atom stereocenters. The monoisotopic (exact) mass is 274 g/mol. The van der Waals surface area contributed by atoms with Gasteiger partial charge in [0.05, 0.1) is 0 Å². The van der Waals surface area contributed by atoms with Crippen LogP contribution in [0.5, 0.6) is 0 Å². The van der Waals surface area contributed by atoms with Gasteiger partial charge in [0.15, 0.2) is 5.58 Å². The first-order valence-corrected chi connectivity index (χ1v) is 6.83. The fourth-order valence-corrected chi connectivity index (χ4v) is 2.35. The summed E-state index contributed by atoms with van der Waals surface area (Å²) in [4.78, 5) is 0. The van der Waals surface area contributed by atoms with Crippen molar-refractivity contribution in [3.8, 4) is 0 Å². The Bertz CT molecular complexity index is 649. The number of rotatable bonds is 3. The quantitative estimate of drug-likeness (QED) is 0.857. The average molecular weight is 275 g/mol. The fourth-order valence-electron chi connectivity index (χ4n) is 1.37. The van der Waals surface area contributed by atoms with Gasteiger partial charge in [-0.1, -0.05) is 16.8 Å². The molecule has 0 radical (unpaired) electrons. The predicted molar refractivity (Wildman–Crippen MR) is 65.3 cm³/mol. The minimum atomic E-state index is -3.36. The van der Waals surface area contributed by atoms with Gasteiger partial charge in [-0.25, -0.2) is 12.7 Å². The molecule has 2 rings (SSSR count). The lowest BCUT2D eigenvalue weighted by Crippen LogP contribution is -2.23. The van der Waals surface area contributed by atoms with E-state index < -0.39 is 10.0 Å². The lowest BCUT2D eigenvalue weighted by molar-refractivity contribution is 0.447. The third-order valence-corrected chi connectivity index (χ3v) is 4.37. The second-order valence-corrected chi connectivity index (χ2v) is 6.43. The van der Waals surface area contributed by atoms with Gasteiger partial charge < -0.3 is 4.52 Å². The normalized spacial score (nSPS) is 12.5. The maximum atomic E-state index is 11.7. The molecule has 1 aromatic heterocycles. The molecule has 0 N–H and O–H groups in total. The van der Waals surface area contributed by atoms with Crippen molar-refractivity contribution in [2.24, 2.45) is 0 Å². The van der Waals surface area contributed by atoms with Crippen molar-refractivity contribution in [2.45, 2.75) is 5.75 Å². The van der Waals surface area contributed by atoms with Crippen molar-refractivity contribution in [2.75, 3.05) is 14.1 Å². The molecule has 0 saturated carbocycles. The highest BCUT2D eigenvalue weighted by Crippen LogP contribution is 2.24. The van der Waals surface area contributed by atoms with Crippen LogP contribution < -0.4 is 0 Å². The summed E-state index contributed by atoms with van der Waals surface area (Å²) in [5, 5.41) is 4.91. The lowest BCUT2D eigenvalue weighted by Gasteiger charge is -2.09. The Balaban J connectivity index is 2.47. The van der Waals surface area contributed by atoms with Crippen molar-refractivity contribution in [1.29, 1.82) is 0 Å². The number of benzene rings is 1. The summed E-state index contributed by atoms with van der Waals surface area (Å²) >= 11 is 5.85. The first kappa shape index (κ1) is 12.3. The van der Waals surface area contributed by atoms with Crippen LogP contribution in [0, 0.1) is 0 Å². The standard InChI is InChI=1S/C10H11ClN2O3S/c1-13(2)17(14,15)6-9-8-5-7(11)3-4-10(8)16-12-9/h3-5H,6H2,1-2H3. The Hall–Kier alpha value is -1.11. The Kier molecular flexibility index (Phi) is 3.11. The van der Waals surface area contributed by atoms with Gasteiger partial charge in [0, 0.05) is 24.5 Å². The number of sulfonamides is 1. The number of aromatic nitrogens is 1. The SMILES string of the molecule is CN(C)S(=O)(=O)Cc1noc2ccc(Cl)cc12. The van der Waals surface area contributed by atoms with Gasteiger partial charge in [0.2, 0.25) is 10.0 Å². The third kappa shape index (κ3) is 2.43. The molecule has 0 spiro atoms. The van der Waals surface area contributed by atoms with E-state index in [-0.39, 0.29) is 5.75 Å². The van der Waals surface area contributed by atoms with Crippen LogP contribution in [-0.2, 0) is 15.8 Å². The van der Waals surface area contributed by atoms with E-state index in [1.807, 2.05) is 0 Å². The minimum absolute atomic E-state index is 0.201. The molecule has 0 atom stereocenters. The van der Waals surface area contributed by atoms with E-state index in [0.717, 1.165) is 4.31 Å². The van der Waals surface area contributed by atoms with E-state index in [0.29, 0.717) is 21.7 Å². The molecule has 1 heterocycles. The molecule has 92 valence electrons. The maximum Gasteiger partial charge on any atom is 0.219 e. The molecule has 17 heavy (non-hydrogen) atoms. The van der Waals surface area contributed by atoms with Gasteiger partial charge in [-0.2, -0.15) is 0 Å². The molecular formula is C10H11ClN2O3S. The molecule has 0 bridgehead atoms. The van der Waals surface area contributed by atoms with E-state index in [1.54, 1.807) is 18.2 Å². The predicted octanol–water partition coefficient (Wildman–Crippen LogP) is 1.87. The van der Waals surface area contributed by atoms with Gasteiger partial charge >= 0.3 is 0 Å². The number of hydrogen-bond acceptors (Lipinski definition) is 4. The Morgan fingerprint density at radius 3 is 2.76 bits per heavy atom. The zero-order valence-corrected chi connectivity index (χ0v) is 10.9.